The smallest absolute Gasteiger partial charge is 0.138 e. The summed E-state index contributed by atoms with van der Waals surface area (Å²) in [5.74, 6) is 5.48. The number of thioether (sulfide) groups is 1. The van der Waals surface area contributed by atoms with Crippen molar-refractivity contribution in [2.75, 3.05) is 41.4 Å². The number of hydrogen-bond acceptors (Lipinski definition) is 5. The van der Waals surface area contributed by atoms with Gasteiger partial charge in [-0.25, -0.2) is 9.97 Å². The number of hydrogen-bond donors (Lipinski definition) is 1. The van der Waals surface area contributed by atoms with E-state index in [4.69, 9.17) is 9.97 Å². The summed E-state index contributed by atoms with van der Waals surface area (Å²) in [6, 6.07) is 0. The van der Waals surface area contributed by atoms with Gasteiger partial charge in [0.25, 0.3) is 0 Å². The maximum absolute atomic E-state index is 4.92. The number of aromatic nitrogens is 2. The van der Waals surface area contributed by atoms with Gasteiger partial charge in [-0.15, -0.1) is 0 Å². The Kier molecular flexibility index (Phi) is 5.36. The number of nitrogens with zero attached hydrogens (tertiary/aromatic N) is 3. The molecule has 1 N–H and O–H groups in total. The van der Waals surface area contributed by atoms with E-state index < -0.39 is 0 Å². The summed E-state index contributed by atoms with van der Waals surface area (Å²) < 4.78 is 0. The summed E-state index contributed by atoms with van der Waals surface area (Å²) in [5, 5.41) is 3.40. The summed E-state index contributed by atoms with van der Waals surface area (Å²) in [7, 11) is 0. The molecule has 2 heterocycles. The van der Waals surface area contributed by atoms with Gasteiger partial charge in [0, 0.05) is 36.4 Å². The van der Waals surface area contributed by atoms with Gasteiger partial charge in [0.15, 0.2) is 0 Å². The summed E-state index contributed by atoms with van der Waals surface area (Å²) in [6.45, 7) is 13.8. The maximum atomic E-state index is 4.92. The fourth-order valence-electron chi connectivity index (χ4n) is 2.45. The zero-order chi connectivity index (χ0) is 15.5. The van der Waals surface area contributed by atoms with Crippen LogP contribution in [0.3, 0.4) is 0 Å². The number of rotatable bonds is 3. The van der Waals surface area contributed by atoms with Gasteiger partial charge in [-0.05, 0) is 26.0 Å². The minimum Gasteiger partial charge on any atom is -0.370 e. The Hall–Kier alpha value is -0.970. The summed E-state index contributed by atoms with van der Waals surface area (Å²) in [6.07, 6.45) is 1.23. The monoisotopic (exact) mass is 308 g/mol. The molecule has 1 aliphatic rings. The Labute approximate surface area is 133 Å². The van der Waals surface area contributed by atoms with E-state index in [2.05, 4.69) is 44.8 Å². The van der Waals surface area contributed by atoms with E-state index in [9.17, 15) is 0 Å². The van der Waals surface area contributed by atoms with Crippen LogP contribution < -0.4 is 10.2 Å². The fourth-order valence-corrected chi connectivity index (χ4v) is 3.33. The van der Waals surface area contributed by atoms with Gasteiger partial charge in [-0.2, -0.15) is 11.8 Å². The Balaban J connectivity index is 2.44. The van der Waals surface area contributed by atoms with Crippen molar-refractivity contribution in [1.82, 2.24) is 9.97 Å². The van der Waals surface area contributed by atoms with Crippen LogP contribution in [0.15, 0.2) is 0 Å². The molecule has 0 bridgehead atoms. The van der Waals surface area contributed by atoms with Gasteiger partial charge in [-0.3, -0.25) is 0 Å². The molecule has 21 heavy (non-hydrogen) atoms. The molecule has 2 rings (SSSR count). The van der Waals surface area contributed by atoms with Crippen molar-refractivity contribution < 1.29 is 0 Å². The molecule has 0 atom stereocenters. The fraction of sp³-hybridized carbons (Fsp3) is 0.750. The Morgan fingerprint density at radius 1 is 1.19 bits per heavy atom. The predicted octanol–water partition coefficient (Wildman–Crippen LogP) is 3.46. The molecule has 1 saturated heterocycles. The molecule has 1 aromatic rings. The first-order valence-corrected chi connectivity index (χ1v) is 9.04. The van der Waals surface area contributed by atoms with Crippen molar-refractivity contribution in [3.05, 3.63) is 11.4 Å². The highest BCUT2D eigenvalue weighted by atomic mass is 32.2. The Bertz CT molecular complexity index is 474. The van der Waals surface area contributed by atoms with Crippen LogP contribution in [0, 0.1) is 6.92 Å². The van der Waals surface area contributed by atoms with Crippen LogP contribution in [0.2, 0.25) is 0 Å². The topological polar surface area (TPSA) is 41.1 Å². The van der Waals surface area contributed by atoms with Crippen LogP contribution in [-0.2, 0) is 5.41 Å². The third-order valence-electron chi connectivity index (χ3n) is 3.66. The van der Waals surface area contributed by atoms with Crippen molar-refractivity contribution in [3.8, 4) is 0 Å². The van der Waals surface area contributed by atoms with Gasteiger partial charge in [0.2, 0.25) is 0 Å². The standard InChI is InChI=1S/C16H28N4S/c1-6-17-13-12(2)14(19-15(18-13)16(3,4)5)20-8-7-10-21-11-9-20/h6-11H2,1-5H3,(H,17,18,19). The molecule has 4 nitrogen and oxygen atoms in total. The van der Waals surface area contributed by atoms with Crippen molar-refractivity contribution in [1.29, 1.82) is 0 Å². The molecule has 0 radical (unpaired) electrons. The molecule has 0 aliphatic carbocycles. The molecule has 0 amide bonds. The molecule has 5 heteroatoms. The van der Waals surface area contributed by atoms with Crippen LogP contribution >= 0.6 is 11.8 Å². The van der Waals surface area contributed by atoms with Crippen LogP contribution in [-0.4, -0.2) is 41.1 Å². The molecule has 118 valence electrons. The van der Waals surface area contributed by atoms with E-state index >= 15 is 0 Å². The van der Waals surface area contributed by atoms with Crippen molar-refractivity contribution in [2.45, 2.75) is 46.5 Å². The van der Waals surface area contributed by atoms with E-state index in [-0.39, 0.29) is 5.41 Å². The molecule has 0 spiro atoms. The van der Waals surface area contributed by atoms with Crippen molar-refractivity contribution in [3.63, 3.8) is 0 Å². The van der Waals surface area contributed by atoms with E-state index in [0.29, 0.717) is 0 Å². The number of nitrogens with one attached hydrogen (secondary N) is 1. The highest BCUT2D eigenvalue weighted by Crippen LogP contribution is 2.29. The van der Waals surface area contributed by atoms with Crippen LogP contribution in [0.5, 0.6) is 0 Å². The van der Waals surface area contributed by atoms with Gasteiger partial charge in [0.1, 0.15) is 17.5 Å². The first-order chi connectivity index (χ1) is 9.93. The van der Waals surface area contributed by atoms with E-state index in [1.54, 1.807) is 0 Å². The molecular formula is C16H28N4S. The molecular weight excluding hydrogens is 280 g/mol. The van der Waals surface area contributed by atoms with Gasteiger partial charge in [-0.1, -0.05) is 20.8 Å². The largest absolute Gasteiger partial charge is 0.370 e. The second-order valence-corrected chi connectivity index (χ2v) is 7.80. The lowest BCUT2D eigenvalue weighted by Gasteiger charge is -2.27. The normalized spacial score (nSPS) is 16.7. The highest BCUT2D eigenvalue weighted by molar-refractivity contribution is 7.99. The van der Waals surface area contributed by atoms with Gasteiger partial charge in [0.05, 0.1) is 0 Å². The molecule has 0 unspecified atom stereocenters. The SMILES string of the molecule is CCNc1nc(C(C)(C)C)nc(N2CCCSCC2)c1C. The van der Waals surface area contributed by atoms with Crippen LogP contribution in [0.4, 0.5) is 11.6 Å². The van der Waals surface area contributed by atoms with Crippen LogP contribution in [0.25, 0.3) is 0 Å². The van der Waals surface area contributed by atoms with Gasteiger partial charge < -0.3 is 10.2 Å². The first kappa shape index (κ1) is 16.4. The minimum absolute atomic E-state index is 0.0345. The Morgan fingerprint density at radius 3 is 2.62 bits per heavy atom. The summed E-state index contributed by atoms with van der Waals surface area (Å²) >= 11 is 2.04. The molecule has 0 saturated carbocycles. The quantitative estimate of drug-likeness (QED) is 0.926. The van der Waals surface area contributed by atoms with E-state index in [1.807, 2.05) is 11.8 Å². The first-order valence-electron chi connectivity index (χ1n) is 7.89. The predicted molar refractivity (Wildman–Crippen MR) is 93.8 cm³/mol. The maximum Gasteiger partial charge on any atom is 0.138 e. The van der Waals surface area contributed by atoms with Crippen molar-refractivity contribution in [2.24, 2.45) is 0 Å². The van der Waals surface area contributed by atoms with Crippen LogP contribution in [0.1, 0.15) is 45.5 Å². The zero-order valence-electron chi connectivity index (χ0n) is 14.0. The minimum atomic E-state index is -0.0345. The molecule has 0 aromatic carbocycles. The lowest BCUT2D eigenvalue weighted by molar-refractivity contribution is 0.544. The molecule has 1 fully saturated rings. The van der Waals surface area contributed by atoms with Crippen molar-refractivity contribution >= 4 is 23.4 Å². The second kappa shape index (κ2) is 6.86. The average Bonchev–Trinajstić information content (AvgIpc) is 2.69. The molecule has 1 aromatic heterocycles. The second-order valence-electron chi connectivity index (χ2n) is 6.58. The third kappa shape index (κ3) is 4.02. The average molecular weight is 308 g/mol. The molecule has 1 aliphatic heterocycles. The lowest BCUT2D eigenvalue weighted by Crippen LogP contribution is -2.29. The third-order valence-corrected chi connectivity index (χ3v) is 4.71. The highest BCUT2D eigenvalue weighted by Gasteiger charge is 2.23. The van der Waals surface area contributed by atoms with E-state index in [0.717, 1.165) is 37.1 Å². The Morgan fingerprint density at radius 2 is 1.95 bits per heavy atom. The van der Waals surface area contributed by atoms with E-state index in [1.165, 1.54) is 23.5 Å². The lowest BCUT2D eigenvalue weighted by atomic mass is 9.95. The summed E-state index contributed by atoms with van der Waals surface area (Å²) in [5.41, 5.74) is 1.14. The summed E-state index contributed by atoms with van der Waals surface area (Å²) in [4.78, 5) is 12.1. The van der Waals surface area contributed by atoms with Gasteiger partial charge >= 0.3 is 0 Å². The zero-order valence-corrected chi connectivity index (χ0v) is 14.8. The number of anilines is 2.